The van der Waals surface area contributed by atoms with Crippen molar-refractivity contribution in [2.75, 3.05) is 13.2 Å². The van der Waals surface area contributed by atoms with E-state index in [1.807, 2.05) is 4.72 Å². The predicted molar refractivity (Wildman–Crippen MR) is 122 cm³/mol. The fraction of sp³-hybridized carbons (Fsp3) is 0.350. The number of benzene rings is 1. The molecule has 0 radical (unpaired) electrons. The van der Waals surface area contributed by atoms with Crippen LogP contribution in [0.2, 0.25) is 0 Å². The zero-order valence-electron chi connectivity index (χ0n) is 17.5. The van der Waals surface area contributed by atoms with Gasteiger partial charge < -0.3 is 9.64 Å². The summed E-state index contributed by atoms with van der Waals surface area (Å²) >= 11 is 4.59. The average molecular weight is 579 g/mol. The molecule has 14 heteroatoms. The van der Waals surface area contributed by atoms with Gasteiger partial charge in [0.15, 0.2) is 10.8 Å². The van der Waals surface area contributed by atoms with E-state index in [0.29, 0.717) is 26.6 Å². The first-order valence-corrected chi connectivity index (χ1v) is 13.2. The van der Waals surface area contributed by atoms with Crippen LogP contribution in [0.15, 0.2) is 50.5 Å². The van der Waals surface area contributed by atoms with E-state index in [-0.39, 0.29) is 25.1 Å². The van der Waals surface area contributed by atoms with Crippen LogP contribution in [0, 0.1) is 5.82 Å². The second-order valence-electron chi connectivity index (χ2n) is 7.37. The minimum absolute atomic E-state index is 0.0418. The number of carbonyl (C=O) groups is 1. The van der Waals surface area contributed by atoms with Crippen LogP contribution < -0.4 is 4.72 Å². The highest BCUT2D eigenvalue weighted by Gasteiger charge is 2.44. The number of esters is 1. The number of thiazole rings is 1. The topological polar surface area (TPSA) is 101 Å². The van der Waals surface area contributed by atoms with Crippen molar-refractivity contribution >= 4 is 49.1 Å². The molecule has 1 fully saturated rings. The third-order valence-corrected chi connectivity index (χ3v) is 7.79. The number of nitrogens with one attached hydrogen (secondary N) is 1. The maximum Gasteiger partial charge on any atom is 0.350 e. The Bertz CT molecular complexity index is 1270. The Morgan fingerprint density at radius 1 is 1.41 bits per heavy atom. The number of alkyl halides is 2. The van der Waals surface area contributed by atoms with E-state index < -0.39 is 39.7 Å². The summed E-state index contributed by atoms with van der Waals surface area (Å²) in [6.07, 6.45) is 1.50. The van der Waals surface area contributed by atoms with Crippen molar-refractivity contribution in [1.82, 2.24) is 14.6 Å². The van der Waals surface area contributed by atoms with Gasteiger partial charge in [0.2, 0.25) is 0 Å². The molecule has 2 aliphatic rings. The molecule has 2 aromatic rings. The van der Waals surface area contributed by atoms with Crippen molar-refractivity contribution in [2.24, 2.45) is 4.99 Å². The quantitative estimate of drug-likeness (QED) is 0.504. The number of ether oxygens (including phenoxy) is 1. The third-order valence-electron chi connectivity index (χ3n) is 5.20. The van der Waals surface area contributed by atoms with Crippen molar-refractivity contribution in [3.05, 3.63) is 61.9 Å². The standard InChI is InChI=1S/C20H18BrF3N4O4S2/c1-2-32-19(29)15-14-8-11(27-34(30,31)20(23)24)9-28(14)17(18-25-5-6-33-18)26-16(15)12-4-3-10(22)7-13(12)21/h3-7,11,16,20,27H,2,8-9H2,1H3. The Labute approximate surface area is 205 Å². The van der Waals surface area contributed by atoms with Crippen molar-refractivity contribution < 1.29 is 31.1 Å². The summed E-state index contributed by atoms with van der Waals surface area (Å²) in [5.74, 6) is -4.44. The number of fused-ring (bicyclic) bond motifs is 1. The van der Waals surface area contributed by atoms with Crippen LogP contribution in [0.25, 0.3) is 0 Å². The molecule has 1 aromatic heterocycles. The summed E-state index contributed by atoms with van der Waals surface area (Å²) < 4.78 is 71.0. The van der Waals surface area contributed by atoms with Crippen LogP contribution in [0.1, 0.15) is 30.0 Å². The number of rotatable bonds is 7. The fourth-order valence-corrected chi connectivity index (χ4v) is 5.81. The maximum atomic E-state index is 13.8. The zero-order valence-corrected chi connectivity index (χ0v) is 20.8. The van der Waals surface area contributed by atoms with Gasteiger partial charge in [-0.1, -0.05) is 22.0 Å². The SMILES string of the molecule is CCOC(=O)C1=C2CC(NS(=O)(=O)C(F)F)CN2C(c2nccs2)=NC1c1ccc(F)cc1Br. The predicted octanol–water partition coefficient (Wildman–Crippen LogP) is 3.58. The third kappa shape index (κ3) is 4.76. The molecule has 34 heavy (non-hydrogen) atoms. The molecule has 1 N–H and O–H groups in total. The highest BCUT2D eigenvalue weighted by molar-refractivity contribution is 9.10. The lowest BCUT2D eigenvalue weighted by Crippen LogP contribution is -2.41. The minimum Gasteiger partial charge on any atom is -0.463 e. The Kier molecular flexibility index (Phi) is 7.12. The molecule has 2 atom stereocenters. The summed E-state index contributed by atoms with van der Waals surface area (Å²) in [7, 11) is -4.87. The highest BCUT2D eigenvalue weighted by atomic mass is 79.9. The minimum atomic E-state index is -4.87. The summed E-state index contributed by atoms with van der Waals surface area (Å²) in [5.41, 5.74) is 0.970. The van der Waals surface area contributed by atoms with Crippen LogP contribution >= 0.6 is 27.3 Å². The molecule has 0 saturated carbocycles. The molecule has 0 bridgehead atoms. The molecule has 3 heterocycles. The fourth-order valence-electron chi connectivity index (χ4n) is 3.88. The van der Waals surface area contributed by atoms with Crippen molar-refractivity contribution in [2.45, 2.75) is 31.2 Å². The smallest absolute Gasteiger partial charge is 0.350 e. The monoisotopic (exact) mass is 578 g/mol. The molecule has 4 rings (SSSR count). The summed E-state index contributed by atoms with van der Waals surface area (Å²) in [4.78, 5) is 23.7. The van der Waals surface area contributed by atoms with E-state index in [1.165, 1.54) is 29.5 Å². The van der Waals surface area contributed by atoms with Gasteiger partial charge in [0, 0.05) is 40.8 Å². The average Bonchev–Trinajstić information content (AvgIpc) is 3.42. The van der Waals surface area contributed by atoms with E-state index in [2.05, 4.69) is 20.9 Å². The molecule has 182 valence electrons. The van der Waals surface area contributed by atoms with E-state index >= 15 is 0 Å². The first-order valence-electron chi connectivity index (χ1n) is 10.0. The Morgan fingerprint density at radius 3 is 2.79 bits per heavy atom. The lowest BCUT2D eigenvalue weighted by Gasteiger charge is -2.31. The molecular formula is C20H18BrF3N4O4S2. The van der Waals surface area contributed by atoms with Crippen molar-refractivity contribution in [1.29, 1.82) is 0 Å². The first-order chi connectivity index (χ1) is 16.1. The van der Waals surface area contributed by atoms with Gasteiger partial charge in [0.25, 0.3) is 10.0 Å². The van der Waals surface area contributed by atoms with Gasteiger partial charge in [-0.3, -0.25) is 4.99 Å². The van der Waals surface area contributed by atoms with Gasteiger partial charge >= 0.3 is 11.7 Å². The van der Waals surface area contributed by atoms with Gasteiger partial charge in [0.05, 0.1) is 12.2 Å². The van der Waals surface area contributed by atoms with E-state index in [4.69, 9.17) is 9.73 Å². The van der Waals surface area contributed by atoms with Gasteiger partial charge in [-0.05, 0) is 24.6 Å². The van der Waals surface area contributed by atoms with Crippen molar-refractivity contribution in [3.63, 3.8) is 0 Å². The molecular weight excluding hydrogens is 561 g/mol. The van der Waals surface area contributed by atoms with E-state index in [0.717, 1.165) is 0 Å². The summed E-state index contributed by atoms with van der Waals surface area (Å²) in [6.45, 7) is 1.66. The van der Waals surface area contributed by atoms with Gasteiger partial charge in [-0.2, -0.15) is 8.78 Å². The molecule has 1 aromatic carbocycles. The largest absolute Gasteiger partial charge is 0.463 e. The lowest BCUT2D eigenvalue weighted by molar-refractivity contribution is -0.139. The van der Waals surface area contributed by atoms with Crippen LogP contribution in [-0.4, -0.2) is 55.1 Å². The number of hydrogen-bond donors (Lipinski definition) is 1. The Balaban J connectivity index is 1.87. The molecule has 2 aliphatic heterocycles. The number of aliphatic imine (C=N–C) groups is 1. The molecule has 0 spiro atoms. The van der Waals surface area contributed by atoms with Gasteiger partial charge in [-0.15, -0.1) is 11.3 Å². The molecule has 8 nitrogen and oxygen atoms in total. The van der Waals surface area contributed by atoms with Gasteiger partial charge in [0.1, 0.15) is 11.9 Å². The van der Waals surface area contributed by atoms with Crippen LogP contribution in [0.5, 0.6) is 0 Å². The van der Waals surface area contributed by atoms with E-state index in [9.17, 15) is 26.4 Å². The molecule has 2 unspecified atom stereocenters. The molecule has 0 aliphatic carbocycles. The second-order valence-corrected chi connectivity index (χ2v) is 10.8. The lowest BCUT2D eigenvalue weighted by atomic mass is 9.94. The second kappa shape index (κ2) is 9.76. The number of halogens is 4. The number of nitrogens with zero attached hydrogens (tertiary/aromatic N) is 3. The molecule has 0 amide bonds. The maximum absolute atomic E-state index is 13.8. The van der Waals surface area contributed by atoms with Crippen LogP contribution in [0.4, 0.5) is 13.2 Å². The van der Waals surface area contributed by atoms with Crippen LogP contribution in [-0.2, 0) is 19.6 Å². The Hall–Kier alpha value is -2.29. The normalized spacial score (nSPS) is 20.5. The highest BCUT2D eigenvalue weighted by Crippen LogP contribution is 2.42. The van der Waals surface area contributed by atoms with E-state index in [1.54, 1.807) is 23.4 Å². The summed E-state index contributed by atoms with van der Waals surface area (Å²) in [6, 6.07) is 2.08. The summed E-state index contributed by atoms with van der Waals surface area (Å²) in [5, 5.41) is 2.21. The molecule has 1 saturated heterocycles. The zero-order chi connectivity index (χ0) is 24.6. The van der Waals surface area contributed by atoms with Crippen molar-refractivity contribution in [3.8, 4) is 0 Å². The number of sulfonamides is 1. The number of hydrogen-bond acceptors (Lipinski definition) is 8. The Morgan fingerprint density at radius 2 is 2.18 bits per heavy atom. The number of aromatic nitrogens is 1. The van der Waals surface area contributed by atoms with Gasteiger partial charge in [-0.25, -0.2) is 27.3 Å². The first kappa shape index (κ1) is 24.8. The number of carbonyl (C=O) groups excluding carboxylic acids is 1. The van der Waals surface area contributed by atoms with Crippen LogP contribution in [0.3, 0.4) is 0 Å². The number of amidine groups is 1.